The smallest absolute Gasteiger partial charge is 0.144 e. The highest BCUT2D eigenvalue weighted by atomic mass is 32.2. The lowest BCUT2D eigenvalue weighted by atomic mass is 10.1. The SMILES string of the molecule is CC(C)(C)[S+]([O-])N=Cc1cc(OC2CCOCC2)ccc1F. The van der Waals surface area contributed by atoms with Crippen LogP contribution in [0.3, 0.4) is 0 Å². The standard InChI is InChI=1S/C16H22FNO3S/c1-16(2,3)22(19)18-11-12-10-14(4-5-15(12)17)21-13-6-8-20-9-7-13/h4-5,10-11,13H,6-9H2,1-3H3. The van der Waals surface area contributed by atoms with E-state index in [2.05, 4.69) is 4.40 Å². The Hall–Kier alpha value is -1.11. The zero-order chi connectivity index (χ0) is 16.2. The lowest BCUT2D eigenvalue weighted by Crippen LogP contribution is -2.26. The fourth-order valence-electron chi connectivity index (χ4n) is 1.94. The number of ether oxygens (including phenoxy) is 2. The van der Waals surface area contributed by atoms with Gasteiger partial charge in [-0.1, -0.05) is 4.40 Å². The molecule has 1 saturated heterocycles. The van der Waals surface area contributed by atoms with E-state index in [0.717, 1.165) is 12.8 Å². The molecule has 1 aromatic carbocycles. The van der Waals surface area contributed by atoms with Crippen molar-refractivity contribution in [1.82, 2.24) is 0 Å². The van der Waals surface area contributed by atoms with Crippen LogP contribution in [0.1, 0.15) is 39.2 Å². The third-order valence-corrected chi connectivity index (χ3v) is 4.59. The maximum atomic E-state index is 13.8. The molecule has 0 aliphatic carbocycles. The maximum absolute atomic E-state index is 13.8. The average molecular weight is 327 g/mol. The van der Waals surface area contributed by atoms with Gasteiger partial charge in [0.15, 0.2) is 0 Å². The molecule has 0 aromatic heterocycles. The first kappa shape index (κ1) is 17.2. The van der Waals surface area contributed by atoms with Crippen molar-refractivity contribution in [3.05, 3.63) is 29.6 Å². The summed E-state index contributed by atoms with van der Waals surface area (Å²) >= 11 is -1.41. The number of hydrogen-bond acceptors (Lipinski definition) is 4. The Morgan fingerprint density at radius 2 is 2.05 bits per heavy atom. The predicted molar refractivity (Wildman–Crippen MR) is 86.4 cm³/mol. The number of benzene rings is 1. The van der Waals surface area contributed by atoms with Gasteiger partial charge in [-0.25, -0.2) is 4.39 Å². The van der Waals surface area contributed by atoms with E-state index in [4.69, 9.17) is 9.47 Å². The highest BCUT2D eigenvalue weighted by Crippen LogP contribution is 2.22. The first-order valence-corrected chi connectivity index (χ1v) is 8.47. The molecule has 2 rings (SSSR count). The average Bonchev–Trinajstić information content (AvgIpc) is 2.47. The minimum atomic E-state index is -1.41. The third kappa shape index (κ3) is 4.97. The normalized spacial score (nSPS) is 18.6. The molecule has 0 amide bonds. The van der Waals surface area contributed by atoms with Gasteiger partial charge in [0.05, 0.1) is 19.4 Å². The summed E-state index contributed by atoms with van der Waals surface area (Å²) in [5.74, 6) is 0.185. The summed E-state index contributed by atoms with van der Waals surface area (Å²) in [7, 11) is 0. The summed E-state index contributed by atoms with van der Waals surface area (Å²) in [6.45, 7) is 6.83. The highest BCUT2D eigenvalue weighted by Gasteiger charge is 2.26. The zero-order valence-corrected chi connectivity index (χ0v) is 14.0. The van der Waals surface area contributed by atoms with Crippen molar-refractivity contribution in [2.24, 2.45) is 4.40 Å². The Morgan fingerprint density at radius 3 is 2.68 bits per heavy atom. The third-order valence-electron chi connectivity index (χ3n) is 3.25. The minimum absolute atomic E-state index is 0.0905. The monoisotopic (exact) mass is 327 g/mol. The number of halogens is 1. The van der Waals surface area contributed by atoms with Crippen molar-refractivity contribution in [1.29, 1.82) is 0 Å². The predicted octanol–water partition coefficient (Wildman–Crippen LogP) is 3.26. The van der Waals surface area contributed by atoms with E-state index in [9.17, 15) is 8.94 Å². The molecule has 1 aliphatic rings. The van der Waals surface area contributed by atoms with Gasteiger partial charge in [0.25, 0.3) is 0 Å². The van der Waals surface area contributed by atoms with Gasteiger partial charge in [-0.05, 0) is 39.0 Å². The van der Waals surface area contributed by atoms with Gasteiger partial charge in [0.2, 0.25) is 0 Å². The molecule has 1 heterocycles. The fourth-order valence-corrected chi connectivity index (χ4v) is 2.47. The van der Waals surface area contributed by atoms with Crippen molar-refractivity contribution >= 4 is 17.6 Å². The largest absolute Gasteiger partial charge is 0.591 e. The van der Waals surface area contributed by atoms with Crippen LogP contribution in [-0.2, 0) is 16.1 Å². The quantitative estimate of drug-likeness (QED) is 0.630. The van der Waals surface area contributed by atoms with Gasteiger partial charge in [-0.15, -0.1) is 0 Å². The second kappa shape index (κ2) is 7.44. The number of rotatable bonds is 4. The Balaban J connectivity index is 2.07. The molecule has 0 radical (unpaired) electrons. The molecule has 1 unspecified atom stereocenters. The summed E-state index contributed by atoms with van der Waals surface area (Å²) < 4.78 is 40.3. The highest BCUT2D eigenvalue weighted by molar-refractivity contribution is 7.91. The molecule has 4 nitrogen and oxygen atoms in total. The molecule has 0 N–H and O–H groups in total. The molecule has 6 heteroatoms. The summed E-state index contributed by atoms with van der Waals surface area (Å²) in [6.07, 6.45) is 3.06. The summed E-state index contributed by atoms with van der Waals surface area (Å²) in [5.41, 5.74) is 0.280. The molecule has 1 aromatic rings. The van der Waals surface area contributed by atoms with Gasteiger partial charge in [0, 0.05) is 18.4 Å². The summed E-state index contributed by atoms with van der Waals surface area (Å²) in [6, 6.07) is 4.53. The van der Waals surface area contributed by atoms with Crippen LogP contribution in [0.2, 0.25) is 0 Å². The first-order valence-electron chi connectivity index (χ1n) is 7.36. The van der Waals surface area contributed by atoms with Crippen molar-refractivity contribution in [2.75, 3.05) is 13.2 Å². The van der Waals surface area contributed by atoms with Crippen LogP contribution < -0.4 is 4.74 Å². The summed E-state index contributed by atoms with van der Waals surface area (Å²) in [4.78, 5) is 0. The molecular weight excluding hydrogens is 305 g/mol. The van der Waals surface area contributed by atoms with Gasteiger partial charge >= 0.3 is 0 Å². The van der Waals surface area contributed by atoms with Crippen LogP contribution >= 0.6 is 0 Å². The lowest BCUT2D eigenvalue weighted by Gasteiger charge is -2.23. The van der Waals surface area contributed by atoms with Gasteiger partial charge in [-0.3, -0.25) is 0 Å². The second-order valence-electron chi connectivity index (χ2n) is 6.21. The summed E-state index contributed by atoms with van der Waals surface area (Å²) in [5, 5.41) is 0. The van der Waals surface area contributed by atoms with E-state index in [0.29, 0.717) is 19.0 Å². The fraction of sp³-hybridized carbons (Fsp3) is 0.562. The Morgan fingerprint density at radius 1 is 1.36 bits per heavy atom. The molecule has 0 spiro atoms. The van der Waals surface area contributed by atoms with Crippen LogP contribution in [0.5, 0.6) is 5.75 Å². The van der Waals surface area contributed by atoms with E-state index in [1.165, 1.54) is 12.3 Å². The van der Waals surface area contributed by atoms with Crippen molar-refractivity contribution in [3.63, 3.8) is 0 Å². The number of hydrogen-bond donors (Lipinski definition) is 0. The minimum Gasteiger partial charge on any atom is -0.591 e. The molecule has 122 valence electrons. The molecule has 22 heavy (non-hydrogen) atoms. The topological polar surface area (TPSA) is 53.9 Å². The van der Waals surface area contributed by atoms with Crippen LogP contribution in [0, 0.1) is 5.82 Å². The van der Waals surface area contributed by atoms with Crippen molar-refractivity contribution < 1.29 is 18.4 Å². The second-order valence-corrected chi connectivity index (χ2v) is 8.14. The number of nitrogens with zero attached hydrogens (tertiary/aromatic N) is 1. The van der Waals surface area contributed by atoms with Crippen LogP contribution in [0.25, 0.3) is 0 Å². The van der Waals surface area contributed by atoms with Crippen molar-refractivity contribution in [2.45, 2.75) is 44.5 Å². The van der Waals surface area contributed by atoms with Crippen molar-refractivity contribution in [3.8, 4) is 5.75 Å². The molecule has 1 atom stereocenters. The molecule has 1 aliphatic heterocycles. The van der Waals surface area contributed by atoms with E-state index >= 15 is 0 Å². The van der Waals surface area contributed by atoms with Gasteiger partial charge in [-0.2, -0.15) is 0 Å². The van der Waals surface area contributed by atoms with Crippen LogP contribution in [0.4, 0.5) is 4.39 Å². The van der Waals surface area contributed by atoms with Gasteiger partial charge < -0.3 is 14.0 Å². The molecule has 0 saturated carbocycles. The first-order chi connectivity index (χ1) is 10.4. The maximum Gasteiger partial charge on any atom is 0.144 e. The molecule has 1 fully saturated rings. The Bertz CT molecular complexity index is 525. The van der Waals surface area contributed by atoms with E-state index in [1.807, 2.05) is 20.8 Å². The van der Waals surface area contributed by atoms with E-state index in [1.54, 1.807) is 12.1 Å². The Kier molecular flexibility index (Phi) is 5.83. The van der Waals surface area contributed by atoms with Crippen LogP contribution in [0.15, 0.2) is 22.6 Å². The van der Waals surface area contributed by atoms with E-state index < -0.39 is 21.9 Å². The zero-order valence-electron chi connectivity index (χ0n) is 13.2. The molecule has 0 bridgehead atoms. The lowest BCUT2D eigenvalue weighted by molar-refractivity contribution is 0.0255. The Labute approximate surface area is 134 Å². The van der Waals surface area contributed by atoms with Gasteiger partial charge in [0.1, 0.15) is 33.8 Å². The molecular formula is C16H22FNO3S. The van der Waals surface area contributed by atoms with Crippen LogP contribution in [-0.4, -0.2) is 34.8 Å². The van der Waals surface area contributed by atoms with E-state index in [-0.39, 0.29) is 11.7 Å².